The molecule has 0 bridgehead atoms. The number of sulfonamides is 1. The number of nitrogens with zero attached hydrogens (tertiary/aromatic N) is 1. The van der Waals surface area contributed by atoms with Crippen LogP contribution < -0.4 is 9.46 Å². The molecular weight excluding hydrogens is 369 g/mol. The summed E-state index contributed by atoms with van der Waals surface area (Å²) >= 11 is 0. The molecule has 2 rings (SSSR count). The topological polar surface area (TPSA) is 79.2 Å². The average molecular weight is 384 g/mol. The van der Waals surface area contributed by atoms with Crippen LogP contribution in [0.1, 0.15) is 24.5 Å². The van der Waals surface area contributed by atoms with Gasteiger partial charge in [0, 0.05) is 0 Å². The predicted octanol–water partition coefficient (Wildman–Crippen LogP) is 4.17. The van der Waals surface area contributed by atoms with Gasteiger partial charge in [0.25, 0.3) is 10.0 Å². The lowest BCUT2D eigenvalue weighted by Gasteiger charge is -2.16. The first-order valence-electron chi connectivity index (χ1n) is 7.55. The van der Waals surface area contributed by atoms with E-state index in [1.165, 1.54) is 24.3 Å². The number of nitrogens with one attached hydrogen (secondary N) is 1. The molecule has 1 N–H and O–H groups in total. The molecule has 0 atom stereocenters. The highest BCUT2D eigenvalue weighted by molar-refractivity contribution is 7.92. The maximum Gasteiger partial charge on any atom is 0.416 e. The summed E-state index contributed by atoms with van der Waals surface area (Å²) in [5.41, 5.74) is -1.49. The van der Waals surface area contributed by atoms with E-state index >= 15 is 0 Å². The van der Waals surface area contributed by atoms with Crippen molar-refractivity contribution in [3.05, 3.63) is 53.6 Å². The second-order valence-corrected chi connectivity index (χ2v) is 6.92. The van der Waals surface area contributed by atoms with E-state index in [9.17, 15) is 21.6 Å². The number of hydrogen-bond acceptors (Lipinski definition) is 4. The van der Waals surface area contributed by atoms with E-state index in [1.54, 1.807) is 13.0 Å². The van der Waals surface area contributed by atoms with E-state index in [2.05, 4.69) is 4.72 Å². The highest BCUT2D eigenvalue weighted by Gasteiger charge is 2.32. The van der Waals surface area contributed by atoms with E-state index in [1.807, 2.05) is 0 Å². The summed E-state index contributed by atoms with van der Waals surface area (Å²) < 4.78 is 71.5. The minimum Gasteiger partial charge on any atom is -0.491 e. The molecule has 0 fully saturated rings. The van der Waals surface area contributed by atoms with Crippen LogP contribution in [0.2, 0.25) is 0 Å². The lowest BCUT2D eigenvalue weighted by molar-refractivity contribution is -0.137. The summed E-state index contributed by atoms with van der Waals surface area (Å²) in [6, 6.07) is 9.67. The molecule has 5 nitrogen and oxygen atoms in total. The van der Waals surface area contributed by atoms with Crippen molar-refractivity contribution in [3.63, 3.8) is 0 Å². The summed E-state index contributed by atoms with van der Waals surface area (Å²) in [4.78, 5) is -0.332. The maximum atomic E-state index is 13.0. The molecule has 26 heavy (non-hydrogen) atoms. The molecule has 0 spiro atoms. The van der Waals surface area contributed by atoms with Crippen molar-refractivity contribution in [2.45, 2.75) is 24.4 Å². The second-order valence-electron chi connectivity index (χ2n) is 5.27. The molecule has 0 heterocycles. The molecule has 138 valence electrons. The van der Waals surface area contributed by atoms with Gasteiger partial charge in [0.1, 0.15) is 16.7 Å². The van der Waals surface area contributed by atoms with Gasteiger partial charge < -0.3 is 4.74 Å². The zero-order chi connectivity index (χ0) is 19.4. The molecule has 2 aromatic rings. The van der Waals surface area contributed by atoms with Crippen LogP contribution in [0.3, 0.4) is 0 Å². The van der Waals surface area contributed by atoms with Crippen LogP contribution >= 0.6 is 0 Å². The summed E-state index contributed by atoms with van der Waals surface area (Å²) in [5, 5.41) is 9.05. The fourth-order valence-electron chi connectivity index (χ4n) is 2.12. The molecule has 0 unspecified atom stereocenters. The molecule has 9 heteroatoms. The minimum absolute atomic E-state index is 0.0298. The van der Waals surface area contributed by atoms with Crippen molar-refractivity contribution in [2.75, 3.05) is 11.3 Å². The fraction of sp³-hybridized carbons (Fsp3) is 0.235. The van der Waals surface area contributed by atoms with Crippen molar-refractivity contribution < 1.29 is 26.3 Å². The Balaban J connectivity index is 2.50. The van der Waals surface area contributed by atoms with Gasteiger partial charge in [0.05, 0.1) is 23.4 Å². The van der Waals surface area contributed by atoms with Crippen molar-refractivity contribution in [1.82, 2.24) is 0 Å². The first-order valence-corrected chi connectivity index (χ1v) is 9.03. The van der Waals surface area contributed by atoms with Gasteiger partial charge in [0.2, 0.25) is 0 Å². The normalized spacial score (nSPS) is 11.7. The Labute approximate surface area is 149 Å². The van der Waals surface area contributed by atoms with Crippen LogP contribution in [0, 0.1) is 11.3 Å². The third-order valence-corrected chi connectivity index (χ3v) is 4.73. The molecular formula is C17H15F3N2O3S. The van der Waals surface area contributed by atoms with Crippen molar-refractivity contribution in [3.8, 4) is 11.8 Å². The summed E-state index contributed by atoms with van der Waals surface area (Å²) in [5.74, 6) is -0.0298. The smallest absolute Gasteiger partial charge is 0.416 e. The number of hydrogen-bond donors (Lipinski definition) is 1. The van der Waals surface area contributed by atoms with Crippen LogP contribution in [-0.2, 0) is 16.2 Å². The van der Waals surface area contributed by atoms with Gasteiger partial charge in [-0.15, -0.1) is 0 Å². The number of rotatable bonds is 6. The lowest BCUT2D eigenvalue weighted by atomic mass is 10.2. The SMILES string of the molecule is CCCOc1ccc(C(F)(F)F)cc1NS(=O)(=O)c1ccccc1C#N. The van der Waals surface area contributed by atoms with Gasteiger partial charge in [-0.3, -0.25) is 4.72 Å². The number of benzene rings is 2. The number of ether oxygens (including phenoxy) is 1. The zero-order valence-corrected chi connectivity index (χ0v) is 14.5. The Morgan fingerprint density at radius 2 is 1.88 bits per heavy atom. The zero-order valence-electron chi connectivity index (χ0n) is 13.7. The standard InChI is InChI=1S/C17H15F3N2O3S/c1-2-9-25-15-8-7-13(17(18,19)20)10-14(15)22-26(23,24)16-6-4-3-5-12(16)11-21/h3-8,10,22H,2,9H2,1H3. The quantitative estimate of drug-likeness (QED) is 0.811. The first kappa shape index (κ1) is 19.6. The summed E-state index contributed by atoms with van der Waals surface area (Å²) in [6.07, 6.45) is -4.06. The molecule has 0 saturated heterocycles. The van der Waals surface area contributed by atoms with Gasteiger partial charge in [-0.25, -0.2) is 8.42 Å². The third-order valence-electron chi connectivity index (χ3n) is 3.31. The Morgan fingerprint density at radius 1 is 1.19 bits per heavy atom. The highest BCUT2D eigenvalue weighted by atomic mass is 32.2. The minimum atomic E-state index is -4.64. The van der Waals surface area contributed by atoms with Crippen LogP contribution in [0.25, 0.3) is 0 Å². The Morgan fingerprint density at radius 3 is 2.50 bits per heavy atom. The summed E-state index contributed by atoms with van der Waals surface area (Å²) in [6.45, 7) is 2.01. The maximum absolute atomic E-state index is 13.0. The average Bonchev–Trinajstić information content (AvgIpc) is 2.59. The number of anilines is 1. The van der Waals surface area contributed by atoms with Gasteiger partial charge >= 0.3 is 6.18 Å². The van der Waals surface area contributed by atoms with Crippen LogP contribution in [-0.4, -0.2) is 15.0 Å². The molecule has 2 aromatic carbocycles. The molecule has 0 aliphatic carbocycles. The molecule has 0 aliphatic heterocycles. The number of halogens is 3. The van der Waals surface area contributed by atoms with E-state index in [-0.39, 0.29) is 28.5 Å². The van der Waals surface area contributed by atoms with E-state index in [4.69, 9.17) is 10.00 Å². The molecule has 0 saturated carbocycles. The number of nitriles is 1. The Bertz CT molecular complexity index is 935. The molecule has 0 aliphatic rings. The van der Waals surface area contributed by atoms with Crippen molar-refractivity contribution in [2.24, 2.45) is 0 Å². The third kappa shape index (κ3) is 4.46. The fourth-order valence-corrected chi connectivity index (χ4v) is 3.34. The molecule has 0 radical (unpaired) electrons. The van der Waals surface area contributed by atoms with Crippen molar-refractivity contribution >= 4 is 15.7 Å². The van der Waals surface area contributed by atoms with Gasteiger partial charge in [-0.05, 0) is 36.8 Å². The largest absolute Gasteiger partial charge is 0.491 e. The molecule has 0 aromatic heterocycles. The monoisotopic (exact) mass is 384 g/mol. The van der Waals surface area contributed by atoms with E-state index in [0.29, 0.717) is 12.5 Å². The Kier molecular flexibility index (Phi) is 5.77. The number of alkyl halides is 3. The van der Waals surface area contributed by atoms with E-state index in [0.717, 1.165) is 12.1 Å². The van der Waals surface area contributed by atoms with Crippen LogP contribution in [0.5, 0.6) is 5.75 Å². The van der Waals surface area contributed by atoms with Gasteiger partial charge in [0.15, 0.2) is 0 Å². The van der Waals surface area contributed by atoms with Gasteiger partial charge in [-0.1, -0.05) is 19.1 Å². The van der Waals surface area contributed by atoms with Crippen LogP contribution in [0.4, 0.5) is 18.9 Å². The highest BCUT2D eigenvalue weighted by Crippen LogP contribution is 2.36. The first-order chi connectivity index (χ1) is 12.2. The lowest BCUT2D eigenvalue weighted by Crippen LogP contribution is -2.16. The van der Waals surface area contributed by atoms with Crippen LogP contribution in [0.15, 0.2) is 47.4 Å². The van der Waals surface area contributed by atoms with E-state index < -0.39 is 21.8 Å². The Hall–Kier alpha value is -2.73. The predicted molar refractivity (Wildman–Crippen MR) is 89.2 cm³/mol. The summed E-state index contributed by atoms with van der Waals surface area (Å²) in [7, 11) is -4.29. The molecule has 0 amide bonds. The van der Waals surface area contributed by atoms with Gasteiger partial charge in [-0.2, -0.15) is 18.4 Å². The second kappa shape index (κ2) is 7.66. The van der Waals surface area contributed by atoms with Crippen molar-refractivity contribution in [1.29, 1.82) is 5.26 Å².